The van der Waals surface area contributed by atoms with Crippen LogP contribution in [-0.4, -0.2) is 25.6 Å². The number of halogens is 1. The topological polar surface area (TPSA) is 79.4 Å². The van der Waals surface area contributed by atoms with Crippen LogP contribution in [0.15, 0.2) is 42.6 Å². The van der Waals surface area contributed by atoms with E-state index in [-0.39, 0.29) is 5.82 Å². The number of aromatic nitrogens is 5. The van der Waals surface area contributed by atoms with Crippen molar-refractivity contribution < 1.29 is 4.39 Å². The third-order valence-electron chi connectivity index (χ3n) is 2.75. The van der Waals surface area contributed by atoms with Crippen LogP contribution < -0.4 is 5.32 Å². The van der Waals surface area contributed by atoms with Crippen LogP contribution in [0.5, 0.6) is 0 Å². The highest BCUT2D eigenvalue weighted by atomic mass is 19.1. The molecular weight excluding hydrogens is 259 g/mol. The fraction of sp³-hybridized carbons (Fsp3) is 0.0769. The third-order valence-corrected chi connectivity index (χ3v) is 2.75. The Morgan fingerprint density at radius 2 is 1.95 bits per heavy atom. The number of nitrogens with zero attached hydrogens (tertiary/aromatic N) is 4. The molecule has 0 saturated heterocycles. The minimum Gasteiger partial charge on any atom is -0.380 e. The van der Waals surface area contributed by atoms with E-state index < -0.39 is 0 Å². The van der Waals surface area contributed by atoms with Crippen molar-refractivity contribution in [3.63, 3.8) is 0 Å². The predicted molar refractivity (Wildman–Crippen MR) is 71.1 cm³/mol. The van der Waals surface area contributed by atoms with Gasteiger partial charge in [-0.25, -0.2) is 4.39 Å². The third kappa shape index (κ3) is 2.77. The Morgan fingerprint density at radius 1 is 1.10 bits per heavy atom. The second kappa shape index (κ2) is 5.43. The number of aromatic amines is 1. The number of tetrazole rings is 1. The van der Waals surface area contributed by atoms with Crippen LogP contribution in [0.1, 0.15) is 5.56 Å². The maximum absolute atomic E-state index is 12.8. The first-order chi connectivity index (χ1) is 9.81. The molecule has 0 unspecified atom stereocenters. The number of anilines is 1. The lowest BCUT2D eigenvalue weighted by molar-refractivity contribution is 0.627. The first kappa shape index (κ1) is 12.2. The van der Waals surface area contributed by atoms with E-state index in [1.165, 1.54) is 12.1 Å². The molecule has 2 N–H and O–H groups in total. The van der Waals surface area contributed by atoms with E-state index in [0.29, 0.717) is 18.1 Å². The van der Waals surface area contributed by atoms with Gasteiger partial charge >= 0.3 is 0 Å². The lowest BCUT2D eigenvalue weighted by Crippen LogP contribution is -2.00. The molecule has 6 nitrogen and oxygen atoms in total. The molecule has 3 rings (SSSR count). The van der Waals surface area contributed by atoms with Gasteiger partial charge in [-0.1, -0.05) is 12.1 Å². The van der Waals surface area contributed by atoms with Gasteiger partial charge in [0.2, 0.25) is 5.82 Å². The Morgan fingerprint density at radius 3 is 2.60 bits per heavy atom. The number of hydrogen-bond donors (Lipinski definition) is 2. The van der Waals surface area contributed by atoms with Gasteiger partial charge in [0, 0.05) is 6.54 Å². The molecule has 0 atom stereocenters. The van der Waals surface area contributed by atoms with Gasteiger partial charge in [-0.15, -0.1) is 10.2 Å². The summed E-state index contributed by atoms with van der Waals surface area (Å²) in [7, 11) is 0. The van der Waals surface area contributed by atoms with E-state index in [4.69, 9.17) is 0 Å². The highest BCUT2D eigenvalue weighted by molar-refractivity contribution is 5.52. The Bertz CT molecular complexity index is 663. The van der Waals surface area contributed by atoms with Crippen molar-refractivity contribution in [2.45, 2.75) is 6.54 Å². The van der Waals surface area contributed by atoms with Crippen molar-refractivity contribution in [3.05, 3.63) is 54.0 Å². The molecule has 1 aromatic carbocycles. The largest absolute Gasteiger partial charge is 0.380 e. The predicted octanol–water partition coefficient (Wildman–Crippen LogP) is 2.01. The molecular formula is C13H11FN6. The van der Waals surface area contributed by atoms with Gasteiger partial charge in [0.05, 0.1) is 11.9 Å². The summed E-state index contributed by atoms with van der Waals surface area (Å²) < 4.78 is 12.8. The fourth-order valence-electron chi connectivity index (χ4n) is 1.71. The normalized spacial score (nSPS) is 10.4. The molecule has 0 fully saturated rings. The summed E-state index contributed by atoms with van der Waals surface area (Å²) in [6, 6.07) is 10.0. The van der Waals surface area contributed by atoms with Crippen molar-refractivity contribution in [2.24, 2.45) is 0 Å². The van der Waals surface area contributed by atoms with Crippen LogP contribution >= 0.6 is 0 Å². The van der Waals surface area contributed by atoms with Gasteiger partial charge in [0.15, 0.2) is 0 Å². The molecule has 7 heteroatoms. The second-order valence-electron chi connectivity index (χ2n) is 4.15. The van der Waals surface area contributed by atoms with Gasteiger partial charge in [0.25, 0.3) is 0 Å². The van der Waals surface area contributed by atoms with Crippen molar-refractivity contribution in [2.75, 3.05) is 5.32 Å². The van der Waals surface area contributed by atoms with Crippen LogP contribution in [0.3, 0.4) is 0 Å². The second-order valence-corrected chi connectivity index (χ2v) is 4.15. The number of pyridine rings is 1. The Balaban J connectivity index is 1.65. The summed E-state index contributed by atoms with van der Waals surface area (Å²) in [5.74, 6) is 0.218. The van der Waals surface area contributed by atoms with Crippen molar-refractivity contribution >= 4 is 5.69 Å². The maximum Gasteiger partial charge on any atom is 0.222 e. The van der Waals surface area contributed by atoms with Gasteiger partial charge in [-0.3, -0.25) is 4.98 Å². The van der Waals surface area contributed by atoms with E-state index in [1.54, 1.807) is 24.4 Å². The molecule has 0 radical (unpaired) electrons. The minimum atomic E-state index is -0.236. The zero-order chi connectivity index (χ0) is 13.8. The zero-order valence-electron chi connectivity index (χ0n) is 10.4. The van der Waals surface area contributed by atoms with Crippen molar-refractivity contribution in [3.8, 4) is 11.5 Å². The van der Waals surface area contributed by atoms with E-state index in [1.807, 2.05) is 6.07 Å². The molecule has 0 saturated carbocycles. The van der Waals surface area contributed by atoms with E-state index >= 15 is 0 Å². The summed E-state index contributed by atoms with van der Waals surface area (Å²) in [5.41, 5.74) is 2.50. The first-order valence-corrected chi connectivity index (χ1v) is 5.99. The van der Waals surface area contributed by atoms with Gasteiger partial charge in [0.1, 0.15) is 11.5 Å². The number of rotatable bonds is 4. The molecule has 0 amide bonds. The lowest BCUT2D eigenvalue weighted by atomic mass is 10.2. The van der Waals surface area contributed by atoms with E-state index in [0.717, 1.165) is 11.3 Å². The highest BCUT2D eigenvalue weighted by Crippen LogP contribution is 2.14. The molecule has 2 heterocycles. The van der Waals surface area contributed by atoms with Crippen molar-refractivity contribution in [1.82, 2.24) is 25.6 Å². The van der Waals surface area contributed by atoms with E-state index in [2.05, 4.69) is 30.9 Å². The zero-order valence-corrected chi connectivity index (χ0v) is 10.4. The summed E-state index contributed by atoms with van der Waals surface area (Å²) in [4.78, 5) is 4.24. The van der Waals surface area contributed by atoms with Crippen LogP contribution in [0.25, 0.3) is 11.5 Å². The number of H-pyrrole nitrogens is 1. The Labute approximate surface area is 114 Å². The average Bonchev–Trinajstić information content (AvgIpc) is 3.01. The summed E-state index contributed by atoms with van der Waals surface area (Å²) >= 11 is 0. The standard InChI is InChI=1S/C13H11FN6/c14-10-3-1-9(2-4-10)7-15-11-5-6-12(16-8-11)13-17-19-20-18-13/h1-6,8,15H,7H2,(H,17,18,19,20). The van der Waals surface area contributed by atoms with Gasteiger partial charge < -0.3 is 5.32 Å². The van der Waals surface area contributed by atoms with Crippen LogP contribution in [0.4, 0.5) is 10.1 Å². The van der Waals surface area contributed by atoms with E-state index in [9.17, 15) is 4.39 Å². The van der Waals surface area contributed by atoms with Gasteiger partial charge in [-0.2, -0.15) is 5.21 Å². The quantitative estimate of drug-likeness (QED) is 0.758. The molecule has 100 valence electrons. The molecule has 2 aromatic heterocycles. The number of benzene rings is 1. The molecule has 0 aliphatic carbocycles. The smallest absolute Gasteiger partial charge is 0.222 e. The molecule has 0 aliphatic heterocycles. The molecule has 3 aromatic rings. The lowest BCUT2D eigenvalue weighted by Gasteiger charge is -2.06. The van der Waals surface area contributed by atoms with Crippen molar-refractivity contribution in [1.29, 1.82) is 0 Å². The van der Waals surface area contributed by atoms with Crippen LogP contribution in [0.2, 0.25) is 0 Å². The van der Waals surface area contributed by atoms with Gasteiger partial charge in [-0.05, 0) is 35.0 Å². The minimum absolute atomic E-state index is 0.236. The van der Waals surface area contributed by atoms with Crippen LogP contribution in [0, 0.1) is 5.82 Å². The number of nitrogens with one attached hydrogen (secondary N) is 2. The summed E-state index contributed by atoms with van der Waals surface area (Å²) in [6.45, 7) is 0.601. The first-order valence-electron chi connectivity index (χ1n) is 5.99. The SMILES string of the molecule is Fc1ccc(CNc2ccc(-c3nn[nH]n3)nc2)cc1. The maximum atomic E-state index is 12.8. The fourth-order valence-corrected chi connectivity index (χ4v) is 1.71. The molecule has 20 heavy (non-hydrogen) atoms. The Kier molecular flexibility index (Phi) is 3.32. The molecule has 0 spiro atoms. The average molecular weight is 270 g/mol. The summed E-state index contributed by atoms with van der Waals surface area (Å²) in [5, 5.41) is 16.8. The molecule has 0 aliphatic rings. The summed E-state index contributed by atoms with van der Waals surface area (Å²) in [6.07, 6.45) is 1.69. The highest BCUT2D eigenvalue weighted by Gasteiger charge is 2.03. The van der Waals surface area contributed by atoms with Crippen LogP contribution in [-0.2, 0) is 6.54 Å². The molecule has 0 bridgehead atoms. The Hall–Kier alpha value is -2.83. The number of hydrogen-bond acceptors (Lipinski definition) is 5. The monoisotopic (exact) mass is 270 g/mol.